The van der Waals surface area contributed by atoms with Crippen molar-refractivity contribution >= 4 is 28.9 Å². The monoisotopic (exact) mass is 295 g/mol. The molecule has 0 aromatic heterocycles. The molecule has 0 bridgehead atoms. The molecule has 0 aliphatic carbocycles. The summed E-state index contributed by atoms with van der Waals surface area (Å²) in [6.07, 6.45) is 0. The van der Waals surface area contributed by atoms with E-state index in [4.69, 9.17) is 27.9 Å². The Kier molecular flexibility index (Phi) is 4.56. The van der Waals surface area contributed by atoms with Crippen LogP contribution >= 0.6 is 23.2 Å². The molecule has 0 heterocycles. The lowest BCUT2D eigenvalue weighted by Crippen LogP contribution is -2.07. The molecule has 0 saturated heterocycles. The van der Waals surface area contributed by atoms with Gasteiger partial charge in [0.05, 0.1) is 18.2 Å². The summed E-state index contributed by atoms with van der Waals surface area (Å²) >= 11 is 12.4. The molecule has 0 spiro atoms. The van der Waals surface area contributed by atoms with E-state index in [1.807, 2.05) is 49.4 Å². The summed E-state index contributed by atoms with van der Waals surface area (Å²) in [4.78, 5) is 0. The maximum absolute atomic E-state index is 6.29. The molecular weight excluding hydrogens is 281 g/mol. The minimum Gasteiger partial charge on any atom is -0.495 e. The molecule has 0 amide bonds. The molecule has 1 N–H and O–H groups in total. The Balaban J connectivity index is 2.25. The summed E-state index contributed by atoms with van der Waals surface area (Å²) in [5.41, 5.74) is 1.98. The first-order valence-corrected chi connectivity index (χ1v) is 6.72. The van der Waals surface area contributed by atoms with Gasteiger partial charge in [-0.2, -0.15) is 0 Å². The summed E-state index contributed by atoms with van der Waals surface area (Å²) in [6.45, 7) is 2.04. The Hall–Kier alpha value is -1.38. The van der Waals surface area contributed by atoms with Crippen molar-refractivity contribution in [3.63, 3.8) is 0 Å². The van der Waals surface area contributed by atoms with Gasteiger partial charge < -0.3 is 10.1 Å². The van der Waals surface area contributed by atoms with Crippen molar-refractivity contribution in [2.45, 2.75) is 13.0 Å². The molecular formula is C15H15Cl2NO. The summed E-state index contributed by atoms with van der Waals surface area (Å²) < 4.78 is 5.14. The SMILES string of the molecule is COc1ccc(C(C)Nc2ccccc2)c(Cl)c1Cl. The molecule has 0 radical (unpaired) electrons. The van der Waals surface area contributed by atoms with Gasteiger partial charge in [0.2, 0.25) is 0 Å². The number of anilines is 1. The zero-order valence-electron chi connectivity index (χ0n) is 10.8. The van der Waals surface area contributed by atoms with Gasteiger partial charge in [-0.25, -0.2) is 0 Å². The summed E-state index contributed by atoms with van der Waals surface area (Å²) in [6, 6.07) is 13.8. The van der Waals surface area contributed by atoms with Crippen molar-refractivity contribution in [2.75, 3.05) is 12.4 Å². The highest BCUT2D eigenvalue weighted by Gasteiger charge is 2.15. The van der Waals surface area contributed by atoms with Crippen molar-refractivity contribution in [3.8, 4) is 5.75 Å². The second-order valence-electron chi connectivity index (χ2n) is 4.22. The normalized spacial score (nSPS) is 12.0. The number of rotatable bonds is 4. The van der Waals surface area contributed by atoms with Crippen LogP contribution in [0.15, 0.2) is 42.5 Å². The highest BCUT2D eigenvalue weighted by atomic mass is 35.5. The largest absolute Gasteiger partial charge is 0.495 e. The van der Waals surface area contributed by atoms with Crippen LogP contribution < -0.4 is 10.1 Å². The molecule has 0 fully saturated rings. The first-order chi connectivity index (χ1) is 9.13. The Bertz CT molecular complexity index is 558. The number of methoxy groups -OCH3 is 1. The van der Waals surface area contributed by atoms with Crippen LogP contribution in [-0.2, 0) is 0 Å². The number of halogens is 2. The molecule has 0 saturated carbocycles. The molecule has 2 nitrogen and oxygen atoms in total. The van der Waals surface area contributed by atoms with E-state index in [0.717, 1.165) is 11.3 Å². The zero-order valence-corrected chi connectivity index (χ0v) is 12.3. The van der Waals surface area contributed by atoms with E-state index < -0.39 is 0 Å². The fraction of sp³-hybridized carbons (Fsp3) is 0.200. The lowest BCUT2D eigenvalue weighted by molar-refractivity contribution is 0.415. The summed E-state index contributed by atoms with van der Waals surface area (Å²) in [7, 11) is 1.57. The molecule has 100 valence electrons. The van der Waals surface area contributed by atoms with E-state index in [9.17, 15) is 0 Å². The topological polar surface area (TPSA) is 21.3 Å². The maximum atomic E-state index is 6.29. The maximum Gasteiger partial charge on any atom is 0.139 e. The minimum absolute atomic E-state index is 0.0540. The number of benzene rings is 2. The van der Waals surface area contributed by atoms with Gasteiger partial charge in [-0.15, -0.1) is 0 Å². The average Bonchev–Trinajstić information content (AvgIpc) is 2.42. The van der Waals surface area contributed by atoms with Gasteiger partial charge in [-0.1, -0.05) is 47.5 Å². The Morgan fingerprint density at radius 1 is 1.00 bits per heavy atom. The third-order valence-corrected chi connectivity index (χ3v) is 3.80. The van der Waals surface area contributed by atoms with Crippen LogP contribution in [0.2, 0.25) is 10.0 Å². The molecule has 1 atom stereocenters. The highest BCUT2D eigenvalue weighted by molar-refractivity contribution is 6.43. The van der Waals surface area contributed by atoms with Crippen LogP contribution in [0, 0.1) is 0 Å². The first kappa shape index (κ1) is 14.0. The molecule has 0 aliphatic rings. The van der Waals surface area contributed by atoms with E-state index in [2.05, 4.69) is 5.32 Å². The summed E-state index contributed by atoms with van der Waals surface area (Å²) in [5, 5.41) is 4.35. The van der Waals surface area contributed by atoms with Crippen molar-refractivity contribution < 1.29 is 4.74 Å². The van der Waals surface area contributed by atoms with E-state index in [-0.39, 0.29) is 6.04 Å². The number of para-hydroxylation sites is 1. The highest BCUT2D eigenvalue weighted by Crippen LogP contribution is 2.37. The number of ether oxygens (including phenoxy) is 1. The van der Waals surface area contributed by atoms with Gasteiger partial charge in [0, 0.05) is 5.69 Å². The van der Waals surface area contributed by atoms with Gasteiger partial charge in [0.1, 0.15) is 10.8 Å². The lowest BCUT2D eigenvalue weighted by Gasteiger charge is -2.18. The smallest absolute Gasteiger partial charge is 0.139 e. The van der Waals surface area contributed by atoms with Crippen molar-refractivity contribution in [3.05, 3.63) is 58.1 Å². The van der Waals surface area contributed by atoms with Crippen LogP contribution in [0.3, 0.4) is 0 Å². The molecule has 1 unspecified atom stereocenters. The lowest BCUT2D eigenvalue weighted by atomic mass is 10.1. The fourth-order valence-electron chi connectivity index (χ4n) is 1.90. The molecule has 19 heavy (non-hydrogen) atoms. The van der Waals surface area contributed by atoms with Crippen LogP contribution in [0.1, 0.15) is 18.5 Å². The third kappa shape index (κ3) is 3.14. The Morgan fingerprint density at radius 2 is 1.68 bits per heavy atom. The van der Waals surface area contributed by atoms with Gasteiger partial charge in [-0.3, -0.25) is 0 Å². The molecule has 0 aliphatic heterocycles. The van der Waals surface area contributed by atoms with Gasteiger partial charge >= 0.3 is 0 Å². The predicted octanol–water partition coefficient (Wildman–Crippen LogP) is 5.18. The summed E-state index contributed by atoms with van der Waals surface area (Å²) in [5.74, 6) is 0.585. The second-order valence-corrected chi connectivity index (χ2v) is 4.97. The second kappa shape index (κ2) is 6.18. The van der Waals surface area contributed by atoms with Crippen LogP contribution in [0.5, 0.6) is 5.75 Å². The van der Waals surface area contributed by atoms with Crippen LogP contribution in [0.4, 0.5) is 5.69 Å². The predicted molar refractivity (Wildman–Crippen MR) is 81.5 cm³/mol. The zero-order chi connectivity index (χ0) is 13.8. The van der Waals surface area contributed by atoms with Crippen LogP contribution in [-0.4, -0.2) is 7.11 Å². The molecule has 2 aromatic rings. The number of hydrogen-bond acceptors (Lipinski definition) is 2. The van der Waals surface area contributed by atoms with Crippen molar-refractivity contribution in [2.24, 2.45) is 0 Å². The Morgan fingerprint density at radius 3 is 2.32 bits per heavy atom. The quantitative estimate of drug-likeness (QED) is 0.839. The molecule has 2 aromatic carbocycles. The van der Waals surface area contributed by atoms with E-state index in [1.165, 1.54) is 0 Å². The van der Waals surface area contributed by atoms with Gasteiger partial charge in [0.25, 0.3) is 0 Å². The molecule has 2 rings (SSSR count). The first-order valence-electron chi connectivity index (χ1n) is 5.97. The number of hydrogen-bond donors (Lipinski definition) is 1. The van der Waals surface area contributed by atoms with E-state index >= 15 is 0 Å². The van der Waals surface area contributed by atoms with Crippen LogP contribution in [0.25, 0.3) is 0 Å². The average molecular weight is 296 g/mol. The fourth-order valence-corrected chi connectivity index (χ4v) is 2.47. The van der Waals surface area contributed by atoms with E-state index in [0.29, 0.717) is 15.8 Å². The number of nitrogens with one attached hydrogen (secondary N) is 1. The standard InChI is InChI=1S/C15H15Cl2NO/c1-10(18-11-6-4-3-5-7-11)12-8-9-13(19-2)15(17)14(12)16/h3-10,18H,1-2H3. The van der Waals surface area contributed by atoms with Gasteiger partial charge in [-0.05, 0) is 30.7 Å². The molecule has 4 heteroatoms. The minimum atomic E-state index is 0.0540. The van der Waals surface area contributed by atoms with E-state index in [1.54, 1.807) is 7.11 Å². The Labute approximate surface area is 123 Å². The van der Waals surface area contributed by atoms with Gasteiger partial charge in [0.15, 0.2) is 0 Å². The van der Waals surface area contributed by atoms with Crippen molar-refractivity contribution in [1.29, 1.82) is 0 Å². The van der Waals surface area contributed by atoms with Crippen molar-refractivity contribution in [1.82, 2.24) is 0 Å². The third-order valence-electron chi connectivity index (χ3n) is 2.92.